The zero-order valence-electron chi connectivity index (χ0n) is 16.0. The van der Waals surface area contributed by atoms with Gasteiger partial charge in [0.1, 0.15) is 5.58 Å². The molecular weight excluding hydrogens is 370 g/mol. The molecule has 4 rings (SSSR count). The summed E-state index contributed by atoms with van der Waals surface area (Å²) in [6.45, 7) is 2.36. The lowest BCUT2D eigenvalue weighted by Crippen LogP contribution is -2.48. The Kier molecular flexibility index (Phi) is 4.90. The number of primary amides is 1. The van der Waals surface area contributed by atoms with Gasteiger partial charge < -0.3 is 15.5 Å². The first kappa shape index (κ1) is 18.9. The normalized spacial score (nSPS) is 16.4. The molecule has 1 aromatic heterocycles. The number of nitrogens with one attached hydrogen (secondary N) is 1. The quantitative estimate of drug-likeness (QED) is 0.663. The minimum Gasteiger partial charge on any atom is -0.423 e. The average Bonchev–Trinajstić information content (AvgIpc) is 2.66. The van der Waals surface area contributed by atoms with Crippen LogP contribution >= 0.6 is 0 Å². The van der Waals surface area contributed by atoms with E-state index in [1.54, 1.807) is 18.2 Å². The van der Waals surface area contributed by atoms with Gasteiger partial charge in [0.15, 0.2) is 0 Å². The van der Waals surface area contributed by atoms with Crippen LogP contribution in [0.1, 0.15) is 23.6 Å². The van der Waals surface area contributed by atoms with Gasteiger partial charge in [0.25, 0.3) is 0 Å². The SMILES string of the molecule is CC(=O)Nc1ccc2c(CN3Cc4ccccc4CC3C(N)=O)cc(=O)oc2c1. The van der Waals surface area contributed by atoms with Gasteiger partial charge in [-0.1, -0.05) is 24.3 Å². The Labute approximate surface area is 167 Å². The van der Waals surface area contributed by atoms with E-state index in [1.807, 2.05) is 29.2 Å². The molecule has 0 saturated carbocycles. The van der Waals surface area contributed by atoms with E-state index in [0.717, 1.165) is 22.1 Å². The lowest BCUT2D eigenvalue weighted by atomic mass is 9.93. The third-order valence-electron chi connectivity index (χ3n) is 5.20. The maximum atomic E-state index is 12.1. The Morgan fingerprint density at radius 3 is 2.66 bits per heavy atom. The summed E-state index contributed by atoms with van der Waals surface area (Å²) in [7, 11) is 0. The first-order chi connectivity index (χ1) is 13.9. The number of nitrogens with two attached hydrogens (primary N) is 1. The van der Waals surface area contributed by atoms with Crippen LogP contribution in [0.15, 0.2) is 57.7 Å². The van der Waals surface area contributed by atoms with Gasteiger partial charge in [0, 0.05) is 43.2 Å². The molecule has 7 heteroatoms. The second-order valence-electron chi connectivity index (χ2n) is 7.28. The molecule has 0 fully saturated rings. The zero-order chi connectivity index (χ0) is 20.5. The van der Waals surface area contributed by atoms with E-state index in [-0.39, 0.29) is 11.8 Å². The molecule has 3 aromatic rings. The largest absolute Gasteiger partial charge is 0.423 e. The van der Waals surface area contributed by atoms with Gasteiger partial charge >= 0.3 is 5.63 Å². The van der Waals surface area contributed by atoms with Gasteiger partial charge in [-0.05, 0) is 35.2 Å². The Hall–Kier alpha value is -3.45. The van der Waals surface area contributed by atoms with E-state index in [2.05, 4.69) is 5.32 Å². The molecule has 29 heavy (non-hydrogen) atoms. The van der Waals surface area contributed by atoms with Crippen molar-refractivity contribution in [2.24, 2.45) is 5.73 Å². The predicted octanol–water partition coefficient (Wildman–Crippen LogP) is 2.16. The minimum atomic E-state index is -0.486. The molecule has 0 spiro atoms. The summed E-state index contributed by atoms with van der Waals surface area (Å²) in [5, 5.41) is 3.43. The van der Waals surface area contributed by atoms with Crippen molar-refractivity contribution in [1.82, 2.24) is 4.90 Å². The van der Waals surface area contributed by atoms with Crippen LogP contribution in [-0.4, -0.2) is 22.8 Å². The average molecular weight is 391 g/mol. The summed E-state index contributed by atoms with van der Waals surface area (Å²) in [6, 6.07) is 14.1. The number of amides is 2. The van der Waals surface area contributed by atoms with Crippen LogP contribution in [0.25, 0.3) is 11.0 Å². The summed E-state index contributed by atoms with van der Waals surface area (Å²) in [5.41, 5.74) is 9.13. The van der Waals surface area contributed by atoms with E-state index in [0.29, 0.717) is 30.8 Å². The predicted molar refractivity (Wildman–Crippen MR) is 109 cm³/mol. The second-order valence-corrected chi connectivity index (χ2v) is 7.28. The smallest absolute Gasteiger partial charge is 0.336 e. The molecule has 0 aliphatic carbocycles. The van der Waals surface area contributed by atoms with Crippen LogP contribution in [0.3, 0.4) is 0 Å². The van der Waals surface area contributed by atoms with Gasteiger partial charge in [-0.25, -0.2) is 4.79 Å². The summed E-state index contributed by atoms with van der Waals surface area (Å²) in [6.07, 6.45) is 0.539. The van der Waals surface area contributed by atoms with Gasteiger partial charge in [-0.3, -0.25) is 14.5 Å². The van der Waals surface area contributed by atoms with Gasteiger partial charge in [-0.2, -0.15) is 0 Å². The number of benzene rings is 2. The monoisotopic (exact) mass is 391 g/mol. The van der Waals surface area contributed by atoms with Crippen molar-refractivity contribution >= 4 is 28.5 Å². The highest BCUT2D eigenvalue weighted by atomic mass is 16.4. The fourth-order valence-corrected chi connectivity index (χ4v) is 3.88. The van der Waals surface area contributed by atoms with E-state index in [4.69, 9.17) is 10.2 Å². The maximum Gasteiger partial charge on any atom is 0.336 e. The maximum absolute atomic E-state index is 12.1. The van der Waals surface area contributed by atoms with Crippen LogP contribution in [0.4, 0.5) is 5.69 Å². The van der Waals surface area contributed by atoms with Crippen molar-refractivity contribution in [3.8, 4) is 0 Å². The topological polar surface area (TPSA) is 106 Å². The molecule has 0 radical (unpaired) electrons. The lowest BCUT2D eigenvalue weighted by molar-refractivity contribution is -0.124. The van der Waals surface area contributed by atoms with Crippen molar-refractivity contribution in [2.45, 2.75) is 32.5 Å². The fourth-order valence-electron chi connectivity index (χ4n) is 3.88. The molecular formula is C22H21N3O4. The summed E-state index contributed by atoms with van der Waals surface area (Å²) in [5.74, 6) is -0.598. The Bertz CT molecular complexity index is 1170. The Morgan fingerprint density at radius 1 is 1.17 bits per heavy atom. The van der Waals surface area contributed by atoms with Crippen molar-refractivity contribution in [3.63, 3.8) is 0 Å². The zero-order valence-corrected chi connectivity index (χ0v) is 16.0. The standard InChI is InChI=1S/C22H21N3O4/c1-13(26)24-17-6-7-18-16(9-21(27)29-20(18)10-17)12-25-11-15-5-3-2-4-14(15)8-19(25)22(23)28/h2-7,9-10,19H,8,11-12H2,1H3,(H2,23,28)(H,24,26). The van der Waals surface area contributed by atoms with Crippen molar-refractivity contribution < 1.29 is 14.0 Å². The molecule has 2 amide bonds. The molecule has 2 heterocycles. The number of anilines is 1. The van der Waals surface area contributed by atoms with Crippen molar-refractivity contribution in [2.75, 3.05) is 5.32 Å². The third-order valence-corrected chi connectivity index (χ3v) is 5.20. The summed E-state index contributed by atoms with van der Waals surface area (Å²) < 4.78 is 5.33. The molecule has 3 N–H and O–H groups in total. The molecule has 148 valence electrons. The fraction of sp³-hybridized carbons (Fsp3) is 0.227. The van der Waals surface area contributed by atoms with Crippen LogP contribution in [0.5, 0.6) is 0 Å². The lowest BCUT2D eigenvalue weighted by Gasteiger charge is -2.35. The van der Waals surface area contributed by atoms with Gasteiger partial charge in [0.05, 0.1) is 6.04 Å². The first-order valence-corrected chi connectivity index (χ1v) is 9.35. The number of fused-ring (bicyclic) bond motifs is 2. The molecule has 1 aliphatic heterocycles. The molecule has 1 atom stereocenters. The van der Waals surface area contributed by atoms with Crippen LogP contribution in [0, 0.1) is 0 Å². The molecule has 7 nitrogen and oxygen atoms in total. The second kappa shape index (κ2) is 7.52. The van der Waals surface area contributed by atoms with E-state index >= 15 is 0 Å². The molecule has 0 saturated heterocycles. The summed E-state index contributed by atoms with van der Waals surface area (Å²) in [4.78, 5) is 37.5. The van der Waals surface area contributed by atoms with E-state index < -0.39 is 11.7 Å². The number of carbonyl (C=O) groups is 2. The Balaban J connectivity index is 1.71. The number of carbonyl (C=O) groups excluding carboxylic acids is 2. The van der Waals surface area contributed by atoms with Crippen molar-refractivity contribution in [1.29, 1.82) is 0 Å². The van der Waals surface area contributed by atoms with Crippen LogP contribution in [-0.2, 0) is 29.1 Å². The van der Waals surface area contributed by atoms with Crippen LogP contribution < -0.4 is 16.7 Å². The van der Waals surface area contributed by atoms with Crippen LogP contribution in [0.2, 0.25) is 0 Å². The third kappa shape index (κ3) is 3.90. The van der Waals surface area contributed by atoms with E-state index in [9.17, 15) is 14.4 Å². The van der Waals surface area contributed by atoms with Crippen molar-refractivity contribution in [3.05, 3.63) is 75.6 Å². The first-order valence-electron chi connectivity index (χ1n) is 9.35. The van der Waals surface area contributed by atoms with Gasteiger partial charge in [-0.15, -0.1) is 0 Å². The number of nitrogens with zero attached hydrogens (tertiary/aromatic N) is 1. The highest BCUT2D eigenvalue weighted by molar-refractivity contribution is 5.92. The number of hydrogen-bond acceptors (Lipinski definition) is 5. The van der Waals surface area contributed by atoms with Gasteiger partial charge in [0.2, 0.25) is 11.8 Å². The van der Waals surface area contributed by atoms with E-state index in [1.165, 1.54) is 13.0 Å². The number of rotatable bonds is 4. The molecule has 1 unspecified atom stereocenters. The molecule has 2 aromatic carbocycles. The highest BCUT2D eigenvalue weighted by Gasteiger charge is 2.30. The highest BCUT2D eigenvalue weighted by Crippen LogP contribution is 2.27. The number of hydrogen-bond donors (Lipinski definition) is 2. The Morgan fingerprint density at radius 2 is 1.93 bits per heavy atom. The summed E-state index contributed by atoms with van der Waals surface area (Å²) >= 11 is 0. The molecule has 0 bridgehead atoms. The molecule has 1 aliphatic rings. The minimum absolute atomic E-state index is 0.209.